The highest BCUT2D eigenvalue weighted by molar-refractivity contribution is 5.76. The number of ether oxygens (including phenoxy) is 3. The summed E-state index contributed by atoms with van der Waals surface area (Å²) in [6, 6.07) is 13.8. The molecule has 6 nitrogen and oxygen atoms in total. The second kappa shape index (κ2) is 9.93. The van der Waals surface area contributed by atoms with Gasteiger partial charge >= 0.3 is 0 Å². The van der Waals surface area contributed by atoms with E-state index >= 15 is 0 Å². The molecule has 2 heterocycles. The first-order valence-electron chi connectivity index (χ1n) is 10.2. The van der Waals surface area contributed by atoms with Crippen LogP contribution in [0.15, 0.2) is 60.9 Å². The van der Waals surface area contributed by atoms with Crippen molar-refractivity contribution in [1.82, 2.24) is 10.3 Å². The first kappa shape index (κ1) is 20.7. The third kappa shape index (κ3) is 5.72. The van der Waals surface area contributed by atoms with Gasteiger partial charge < -0.3 is 19.5 Å². The first-order chi connectivity index (χ1) is 15.2. The minimum Gasteiger partial charge on any atom is -0.490 e. The highest BCUT2D eigenvalue weighted by Gasteiger charge is 2.12. The summed E-state index contributed by atoms with van der Waals surface area (Å²) in [6.45, 7) is 1.51. The largest absolute Gasteiger partial charge is 0.490 e. The van der Waals surface area contributed by atoms with E-state index in [9.17, 15) is 9.18 Å². The molecule has 160 valence electrons. The van der Waals surface area contributed by atoms with Crippen LogP contribution in [0.1, 0.15) is 24.0 Å². The van der Waals surface area contributed by atoms with Crippen molar-refractivity contribution >= 4 is 5.91 Å². The number of fused-ring (bicyclic) bond motifs is 1. The Kier molecular flexibility index (Phi) is 6.62. The lowest BCUT2D eigenvalue weighted by atomic mass is 10.1. The van der Waals surface area contributed by atoms with Crippen molar-refractivity contribution in [3.8, 4) is 23.0 Å². The molecule has 0 unspecified atom stereocenters. The van der Waals surface area contributed by atoms with Gasteiger partial charge in [-0.1, -0.05) is 12.1 Å². The molecular formula is C24H23FN2O4. The van der Waals surface area contributed by atoms with Crippen molar-refractivity contribution in [2.75, 3.05) is 13.2 Å². The van der Waals surface area contributed by atoms with Crippen molar-refractivity contribution in [2.24, 2.45) is 0 Å². The molecule has 2 aromatic carbocycles. The Morgan fingerprint density at radius 3 is 2.71 bits per heavy atom. The van der Waals surface area contributed by atoms with E-state index in [-0.39, 0.29) is 18.2 Å². The molecule has 3 aromatic rings. The molecule has 31 heavy (non-hydrogen) atoms. The molecule has 7 heteroatoms. The highest BCUT2D eigenvalue weighted by atomic mass is 19.1. The van der Waals surface area contributed by atoms with E-state index in [2.05, 4.69) is 10.3 Å². The molecule has 0 bridgehead atoms. The van der Waals surface area contributed by atoms with Crippen molar-refractivity contribution in [3.05, 3.63) is 77.9 Å². The number of carbonyl (C=O) groups is 1. The summed E-state index contributed by atoms with van der Waals surface area (Å²) in [4.78, 5) is 16.2. The SMILES string of the molecule is O=C(CCc1ccc2c(c1)OCCCO2)NCc1ccc(Oc2cccnc2)c(F)c1. The zero-order valence-corrected chi connectivity index (χ0v) is 17.0. The number of aromatic nitrogens is 1. The van der Waals surface area contributed by atoms with Gasteiger partial charge in [0.1, 0.15) is 5.75 Å². The number of aryl methyl sites for hydroxylation is 1. The van der Waals surface area contributed by atoms with E-state index in [0.717, 1.165) is 23.5 Å². The fourth-order valence-corrected chi connectivity index (χ4v) is 3.18. The summed E-state index contributed by atoms with van der Waals surface area (Å²) < 4.78 is 31.1. The zero-order valence-electron chi connectivity index (χ0n) is 17.0. The third-order valence-corrected chi connectivity index (χ3v) is 4.80. The summed E-state index contributed by atoms with van der Waals surface area (Å²) >= 11 is 0. The Bertz CT molecular complexity index is 1040. The molecule has 1 aromatic heterocycles. The number of nitrogens with zero attached hydrogens (tertiary/aromatic N) is 1. The number of benzene rings is 2. The lowest BCUT2D eigenvalue weighted by molar-refractivity contribution is -0.121. The Labute approximate surface area is 180 Å². The number of halogens is 1. The van der Waals surface area contributed by atoms with Crippen LogP contribution in [0.2, 0.25) is 0 Å². The molecular weight excluding hydrogens is 399 g/mol. The van der Waals surface area contributed by atoms with E-state index in [1.54, 1.807) is 30.5 Å². The van der Waals surface area contributed by atoms with Crippen LogP contribution >= 0.6 is 0 Å². The second-order valence-electron chi connectivity index (χ2n) is 7.16. The van der Waals surface area contributed by atoms with Crippen molar-refractivity contribution in [2.45, 2.75) is 25.8 Å². The standard InChI is InChI=1S/C24H23FN2O4/c25-20-13-18(5-7-21(20)31-19-3-1-10-26-16-19)15-27-24(28)9-6-17-4-8-22-23(14-17)30-12-2-11-29-22/h1,3-5,7-8,10,13-14,16H,2,6,9,11-12,15H2,(H,27,28). The van der Waals surface area contributed by atoms with Gasteiger partial charge in [-0.3, -0.25) is 9.78 Å². The number of rotatable bonds is 7. The number of pyridine rings is 1. The predicted octanol–water partition coefficient (Wildman–Crippen LogP) is 4.42. The number of nitrogens with one attached hydrogen (secondary N) is 1. The highest BCUT2D eigenvalue weighted by Crippen LogP contribution is 2.30. The van der Waals surface area contributed by atoms with Gasteiger partial charge in [-0.25, -0.2) is 4.39 Å². The number of amides is 1. The maximum absolute atomic E-state index is 14.3. The molecule has 0 radical (unpaired) electrons. The summed E-state index contributed by atoms with van der Waals surface area (Å²) in [5, 5.41) is 2.83. The quantitative estimate of drug-likeness (QED) is 0.610. The molecule has 0 spiro atoms. The van der Waals surface area contributed by atoms with Crippen LogP contribution in [-0.2, 0) is 17.8 Å². The molecule has 1 amide bonds. The van der Waals surface area contributed by atoms with Crippen LogP contribution in [0.3, 0.4) is 0 Å². The van der Waals surface area contributed by atoms with E-state index in [1.807, 2.05) is 18.2 Å². The normalized spacial score (nSPS) is 12.7. The molecule has 0 saturated carbocycles. The number of hydrogen-bond acceptors (Lipinski definition) is 5. The predicted molar refractivity (Wildman–Crippen MR) is 113 cm³/mol. The van der Waals surface area contributed by atoms with E-state index in [1.165, 1.54) is 12.3 Å². The minimum absolute atomic E-state index is 0.108. The minimum atomic E-state index is -0.497. The second-order valence-corrected chi connectivity index (χ2v) is 7.16. The van der Waals surface area contributed by atoms with Gasteiger partial charge in [-0.15, -0.1) is 0 Å². The average Bonchev–Trinajstić information content (AvgIpc) is 3.03. The number of hydrogen-bond donors (Lipinski definition) is 1. The van der Waals surface area contributed by atoms with E-state index in [0.29, 0.717) is 37.4 Å². The van der Waals surface area contributed by atoms with Crippen LogP contribution in [0.25, 0.3) is 0 Å². The third-order valence-electron chi connectivity index (χ3n) is 4.80. The van der Waals surface area contributed by atoms with Crippen molar-refractivity contribution in [3.63, 3.8) is 0 Å². The fraction of sp³-hybridized carbons (Fsp3) is 0.250. The maximum atomic E-state index is 14.3. The summed E-state index contributed by atoms with van der Waals surface area (Å²) in [5.41, 5.74) is 1.65. The van der Waals surface area contributed by atoms with Crippen molar-refractivity contribution in [1.29, 1.82) is 0 Å². The van der Waals surface area contributed by atoms with Gasteiger partial charge in [0.25, 0.3) is 0 Å². The lowest BCUT2D eigenvalue weighted by Gasteiger charge is -2.10. The molecule has 1 aliphatic heterocycles. The lowest BCUT2D eigenvalue weighted by Crippen LogP contribution is -2.23. The van der Waals surface area contributed by atoms with Gasteiger partial charge in [0.2, 0.25) is 5.91 Å². The van der Waals surface area contributed by atoms with Crippen LogP contribution in [0.4, 0.5) is 4.39 Å². The topological polar surface area (TPSA) is 69.7 Å². The Hall–Kier alpha value is -3.61. The molecule has 0 fully saturated rings. The molecule has 4 rings (SSSR count). The fourth-order valence-electron chi connectivity index (χ4n) is 3.18. The van der Waals surface area contributed by atoms with Gasteiger partial charge in [0.05, 0.1) is 19.4 Å². The monoisotopic (exact) mass is 422 g/mol. The maximum Gasteiger partial charge on any atom is 0.220 e. The summed E-state index contributed by atoms with van der Waals surface area (Å²) in [5.74, 6) is 1.42. The number of carbonyl (C=O) groups excluding carboxylic acids is 1. The van der Waals surface area contributed by atoms with Gasteiger partial charge in [0, 0.05) is 25.6 Å². The van der Waals surface area contributed by atoms with Crippen LogP contribution in [0.5, 0.6) is 23.0 Å². The zero-order chi connectivity index (χ0) is 21.5. The molecule has 0 atom stereocenters. The van der Waals surface area contributed by atoms with E-state index < -0.39 is 5.82 Å². The summed E-state index contributed by atoms with van der Waals surface area (Å²) in [7, 11) is 0. The Morgan fingerprint density at radius 1 is 1.06 bits per heavy atom. The van der Waals surface area contributed by atoms with Crippen LogP contribution < -0.4 is 19.5 Å². The van der Waals surface area contributed by atoms with Crippen molar-refractivity contribution < 1.29 is 23.4 Å². The van der Waals surface area contributed by atoms with Gasteiger partial charge in [0.15, 0.2) is 23.1 Å². The Balaban J connectivity index is 1.27. The molecule has 1 N–H and O–H groups in total. The smallest absolute Gasteiger partial charge is 0.220 e. The molecule has 0 saturated heterocycles. The first-order valence-corrected chi connectivity index (χ1v) is 10.2. The molecule has 0 aliphatic carbocycles. The van der Waals surface area contributed by atoms with Crippen LogP contribution in [-0.4, -0.2) is 24.1 Å². The van der Waals surface area contributed by atoms with Gasteiger partial charge in [-0.05, 0) is 53.9 Å². The summed E-state index contributed by atoms with van der Waals surface area (Å²) in [6.07, 6.45) is 4.88. The van der Waals surface area contributed by atoms with E-state index in [4.69, 9.17) is 14.2 Å². The average molecular weight is 422 g/mol. The van der Waals surface area contributed by atoms with Gasteiger partial charge in [-0.2, -0.15) is 0 Å². The Morgan fingerprint density at radius 2 is 1.90 bits per heavy atom. The molecule has 1 aliphatic rings. The van der Waals surface area contributed by atoms with Crippen LogP contribution in [0, 0.1) is 5.82 Å².